The third-order valence-corrected chi connectivity index (χ3v) is 13.5. The molecule has 2 heterocycles. The van der Waals surface area contributed by atoms with Gasteiger partial charge in [0.15, 0.2) is 0 Å². The first-order valence-corrected chi connectivity index (χ1v) is 23.5. The summed E-state index contributed by atoms with van der Waals surface area (Å²) in [5, 5.41) is 4.99. The van der Waals surface area contributed by atoms with E-state index in [1.54, 1.807) is 0 Å². The second-order valence-electron chi connectivity index (χ2n) is 17.7. The first-order chi connectivity index (χ1) is 33.6. The number of benzene rings is 10. The van der Waals surface area contributed by atoms with Crippen molar-refractivity contribution in [1.82, 2.24) is 9.13 Å². The van der Waals surface area contributed by atoms with Crippen molar-refractivity contribution in [2.45, 2.75) is 13.8 Å². The summed E-state index contributed by atoms with van der Waals surface area (Å²) in [5.41, 5.74) is 21.6. The van der Waals surface area contributed by atoms with Gasteiger partial charge in [0.05, 0.1) is 22.1 Å². The summed E-state index contributed by atoms with van der Waals surface area (Å²) >= 11 is 0. The number of fused-ring (bicyclic) bond motifs is 6. The lowest BCUT2D eigenvalue weighted by atomic mass is 9.97. The predicted molar refractivity (Wildman–Crippen MR) is 292 cm³/mol. The molecule has 2 heteroatoms. The van der Waals surface area contributed by atoms with Crippen molar-refractivity contribution in [2.75, 3.05) is 0 Å². The van der Waals surface area contributed by atoms with Crippen molar-refractivity contribution in [1.29, 1.82) is 0 Å². The maximum atomic E-state index is 2.40. The van der Waals surface area contributed by atoms with Crippen LogP contribution >= 0.6 is 0 Å². The normalized spacial score (nSPS) is 11.9. The number of allylic oxidation sites excluding steroid dienone is 2. The summed E-state index contributed by atoms with van der Waals surface area (Å²) in [6.45, 7) is 4.12. The minimum absolute atomic E-state index is 1.14. The van der Waals surface area contributed by atoms with Gasteiger partial charge in [-0.05, 0) is 166 Å². The van der Waals surface area contributed by atoms with Crippen LogP contribution in [0.25, 0.3) is 123 Å². The number of nitrogens with zero attached hydrogens (tertiary/aromatic N) is 2. The summed E-state index contributed by atoms with van der Waals surface area (Å²) in [4.78, 5) is 0. The van der Waals surface area contributed by atoms with Crippen LogP contribution in [-0.4, -0.2) is 9.13 Å². The molecule has 0 N–H and O–H groups in total. The van der Waals surface area contributed by atoms with Gasteiger partial charge in [-0.15, -0.1) is 0 Å². The molecule has 0 aliphatic carbocycles. The zero-order valence-corrected chi connectivity index (χ0v) is 38.1. The van der Waals surface area contributed by atoms with Gasteiger partial charge in [-0.3, -0.25) is 0 Å². The van der Waals surface area contributed by atoms with E-state index in [-0.39, 0.29) is 0 Å². The minimum Gasteiger partial charge on any atom is -0.309 e. The smallest absolute Gasteiger partial charge is 0.0541 e. The van der Waals surface area contributed by atoms with Gasteiger partial charge < -0.3 is 9.13 Å². The zero-order valence-electron chi connectivity index (χ0n) is 38.1. The Bertz CT molecular complexity index is 3650. The summed E-state index contributed by atoms with van der Waals surface area (Å²) < 4.78 is 4.80. The molecular weight excluding hydrogens is 821 g/mol. The number of rotatable bonds is 9. The minimum atomic E-state index is 1.14. The van der Waals surface area contributed by atoms with E-state index in [1.165, 1.54) is 110 Å². The first-order valence-electron chi connectivity index (χ1n) is 23.5. The molecule has 2 aromatic heterocycles. The Kier molecular flexibility index (Phi) is 10.3. The second kappa shape index (κ2) is 17.3. The van der Waals surface area contributed by atoms with Crippen LogP contribution in [0.3, 0.4) is 0 Å². The van der Waals surface area contributed by atoms with E-state index in [1.807, 2.05) is 0 Å². The average Bonchev–Trinajstić information content (AvgIpc) is 3.91. The number of hydrogen-bond donors (Lipinski definition) is 0. The molecule has 10 aromatic carbocycles. The molecule has 0 amide bonds. The fourth-order valence-electron chi connectivity index (χ4n) is 10.3. The van der Waals surface area contributed by atoms with Crippen molar-refractivity contribution in [3.05, 3.63) is 254 Å². The number of aromatic nitrogens is 2. The molecule has 0 saturated heterocycles. The van der Waals surface area contributed by atoms with Gasteiger partial charge in [-0.1, -0.05) is 170 Å². The molecule has 0 fully saturated rings. The molecule has 12 rings (SSSR count). The third kappa shape index (κ3) is 7.33. The summed E-state index contributed by atoms with van der Waals surface area (Å²) in [5.74, 6) is 0. The highest BCUT2D eigenvalue weighted by Crippen LogP contribution is 2.39. The highest BCUT2D eigenvalue weighted by Gasteiger charge is 2.16. The lowest BCUT2D eigenvalue weighted by Gasteiger charge is -2.12. The SMILES string of the molecule is C/C=C/c1cccc(-c2cccc(-c3ccc4c(c3)c3ccccc3n4-c3ccc(-c4ccc(-n5c6ccccc6c6cc(-c7cccc(-c8cccc(/C=C/C)c8)c7)ccc65)cc4)cc3)c2)c1. The molecule has 0 aliphatic rings. The van der Waals surface area contributed by atoms with Crippen LogP contribution in [0.2, 0.25) is 0 Å². The molecule has 0 saturated carbocycles. The van der Waals surface area contributed by atoms with Crippen molar-refractivity contribution in [2.24, 2.45) is 0 Å². The van der Waals surface area contributed by atoms with E-state index >= 15 is 0 Å². The Labute approximate surface area is 397 Å². The summed E-state index contributed by atoms with van der Waals surface area (Å²) in [7, 11) is 0. The van der Waals surface area contributed by atoms with Gasteiger partial charge >= 0.3 is 0 Å². The van der Waals surface area contributed by atoms with E-state index in [9.17, 15) is 0 Å². The standard InChI is InChI=1S/C66H48N2/c1-3-13-45-15-9-17-49(39-45)51-19-11-21-53(41-51)55-31-37-65-61(43-55)59-23-5-7-25-63(59)67(65)57-33-27-47(28-34-57)48-29-35-58(36-30-48)68-64-26-8-6-24-60(64)62-44-56(32-38-66(62)68)54-22-12-20-52(42-54)50-18-10-16-46(40-50)14-4-2/h3-44H,1-2H3/b13-3+,14-4+. The van der Waals surface area contributed by atoms with Crippen molar-refractivity contribution < 1.29 is 0 Å². The molecule has 68 heavy (non-hydrogen) atoms. The van der Waals surface area contributed by atoms with Crippen molar-refractivity contribution in [3.63, 3.8) is 0 Å². The molecule has 0 radical (unpaired) electrons. The molecule has 2 nitrogen and oxygen atoms in total. The topological polar surface area (TPSA) is 9.86 Å². The van der Waals surface area contributed by atoms with Crippen LogP contribution in [0.1, 0.15) is 25.0 Å². The van der Waals surface area contributed by atoms with Crippen LogP contribution in [0.4, 0.5) is 0 Å². The van der Waals surface area contributed by atoms with Gasteiger partial charge in [0, 0.05) is 32.9 Å². The molecule has 0 atom stereocenters. The first kappa shape index (κ1) is 40.8. The zero-order chi connectivity index (χ0) is 45.6. The Balaban J connectivity index is 0.846. The third-order valence-electron chi connectivity index (χ3n) is 13.5. The molecular formula is C66H48N2. The summed E-state index contributed by atoms with van der Waals surface area (Å²) in [6.07, 6.45) is 8.48. The molecule has 12 aromatic rings. The van der Waals surface area contributed by atoms with E-state index < -0.39 is 0 Å². The Morgan fingerprint density at radius 2 is 0.574 bits per heavy atom. The van der Waals surface area contributed by atoms with E-state index in [0.717, 1.165) is 11.4 Å². The lowest BCUT2D eigenvalue weighted by Crippen LogP contribution is -1.95. The van der Waals surface area contributed by atoms with Gasteiger partial charge in [0.1, 0.15) is 0 Å². The maximum Gasteiger partial charge on any atom is 0.0541 e. The Morgan fingerprint density at radius 3 is 0.971 bits per heavy atom. The number of para-hydroxylation sites is 2. The van der Waals surface area contributed by atoms with E-state index in [4.69, 9.17) is 0 Å². The fraction of sp³-hybridized carbons (Fsp3) is 0.0303. The lowest BCUT2D eigenvalue weighted by molar-refractivity contribution is 1.18. The molecule has 0 unspecified atom stereocenters. The molecule has 0 bridgehead atoms. The number of hydrogen-bond acceptors (Lipinski definition) is 0. The van der Waals surface area contributed by atoms with Crippen molar-refractivity contribution >= 4 is 55.8 Å². The van der Waals surface area contributed by atoms with Crippen LogP contribution in [0.15, 0.2) is 243 Å². The Morgan fingerprint density at radius 1 is 0.250 bits per heavy atom. The maximum absolute atomic E-state index is 2.40. The molecule has 322 valence electrons. The van der Waals surface area contributed by atoms with E-state index in [0.29, 0.717) is 0 Å². The fourth-order valence-corrected chi connectivity index (χ4v) is 10.3. The molecule has 0 spiro atoms. The van der Waals surface area contributed by atoms with Gasteiger partial charge in [0.25, 0.3) is 0 Å². The van der Waals surface area contributed by atoms with Gasteiger partial charge in [-0.2, -0.15) is 0 Å². The average molecular weight is 869 g/mol. The second-order valence-corrected chi connectivity index (χ2v) is 17.7. The predicted octanol–water partition coefficient (Wildman–Crippen LogP) is 18.3. The van der Waals surface area contributed by atoms with Gasteiger partial charge in [0.2, 0.25) is 0 Å². The van der Waals surface area contributed by atoms with Crippen molar-refractivity contribution in [3.8, 4) is 67.0 Å². The Hall–Kier alpha value is -8.72. The molecule has 0 aliphatic heterocycles. The largest absolute Gasteiger partial charge is 0.309 e. The van der Waals surface area contributed by atoms with Crippen LogP contribution in [-0.2, 0) is 0 Å². The monoisotopic (exact) mass is 868 g/mol. The highest BCUT2D eigenvalue weighted by atomic mass is 15.0. The highest BCUT2D eigenvalue weighted by molar-refractivity contribution is 6.11. The summed E-state index contributed by atoms with van der Waals surface area (Å²) in [6, 6.07) is 84.7. The van der Waals surface area contributed by atoms with Crippen LogP contribution in [0, 0.1) is 0 Å². The van der Waals surface area contributed by atoms with Gasteiger partial charge in [-0.25, -0.2) is 0 Å². The van der Waals surface area contributed by atoms with Crippen LogP contribution < -0.4 is 0 Å². The van der Waals surface area contributed by atoms with Crippen LogP contribution in [0.5, 0.6) is 0 Å². The van der Waals surface area contributed by atoms with E-state index in [2.05, 4.69) is 278 Å². The quantitative estimate of drug-likeness (QED) is 0.137.